The molecule has 0 unspecified atom stereocenters. The molecule has 1 amide bonds. The average molecular weight is 538 g/mol. The van der Waals surface area contributed by atoms with Crippen LogP contribution in [0.2, 0.25) is 0 Å². The summed E-state index contributed by atoms with van der Waals surface area (Å²) in [4.78, 5) is 43.0. The molecule has 8 nitrogen and oxygen atoms in total. The second-order valence-corrected chi connectivity index (χ2v) is 9.10. The molecule has 0 radical (unpaired) electrons. The van der Waals surface area contributed by atoms with Crippen molar-refractivity contribution in [1.82, 2.24) is 4.98 Å². The number of aromatic carboxylic acids is 1. The smallest absolute Gasteiger partial charge is 0.335 e. The van der Waals surface area contributed by atoms with Crippen LogP contribution in [0.1, 0.15) is 56.4 Å². The van der Waals surface area contributed by atoms with Crippen LogP contribution in [0.15, 0.2) is 97.2 Å². The SMILES string of the molecule is CCN(CCCCOc1cccc(C(=O)O)c1)c1ccc(NC(=O)c2ccc(C(=O)c3ccccc3)cc2)cn1. The van der Waals surface area contributed by atoms with Crippen molar-refractivity contribution in [3.05, 3.63) is 119 Å². The van der Waals surface area contributed by atoms with Crippen molar-refractivity contribution in [2.24, 2.45) is 0 Å². The van der Waals surface area contributed by atoms with Crippen molar-refractivity contribution in [3.8, 4) is 5.75 Å². The molecular formula is C32H31N3O5. The van der Waals surface area contributed by atoms with Gasteiger partial charge in [-0.25, -0.2) is 9.78 Å². The number of nitrogens with zero attached hydrogens (tertiary/aromatic N) is 2. The first-order chi connectivity index (χ1) is 19.4. The molecule has 0 aliphatic rings. The van der Waals surface area contributed by atoms with Crippen LogP contribution in [0, 0.1) is 0 Å². The number of carboxylic acids is 1. The zero-order chi connectivity index (χ0) is 28.3. The quantitative estimate of drug-likeness (QED) is 0.160. The minimum absolute atomic E-state index is 0.0918. The maximum absolute atomic E-state index is 12.7. The number of anilines is 2. The van der Waals surface area contributed by atoms with Gasteiger partial charge in [-0.2, -0.15) is 0 Å². The number of carboxylic acid groups (broad SMARTS) is 1. The second-order valence-electron chi connectivity index (χ2n) is 9.10. The third kappa shape index (κ3) is 7.54. The lowest BCUT2D eigenvalue weighted by atomic mass is 10.0. The van der Waals surface area contributed by atoms with Crippen molar-refractivity contribution < 1.29 is 24.2 Å². The molecule has 1 aromatic heterocycles. The summed E-state index contributed by atoms with van der Waals surface area (Å²) in [7, 11) is 0. The average Bonchev–Trinajstić information content (AvgIpc) is 3.00. The van der Waals surface area contributed by atoms with E-state index in [2.05, 4.69) is 22.1 Å². The number of carbonyl (C=O) groups excluding carboxylic acids is 2. The van der Waals surface area contributed by atoms with Crippen molar-refractivity contribution in [2.45, 2.75) is 19.8 Å². The molecule has 0 spiro atoms. The Morgan fingerprint density at radius 3 is 2.20 bits per heavy atom. The summed E-state index contributed by atoms with van der Waals surface area (Å²) >= 11 is 0. The Balaban J connectivity index is 1.25. The Bertz CT molecular complexity index is 1440. The van der Waals surface area contributed by atoms with Crippen LogP contribution in [0.4, 0.5) is 11.5 Å². The fourth-order valence-corrected chi connectivity index (χ4v) is 4.13. The van der Waals surface area contributed by atoms with Crippen LogP contribution in [-0.4, -0.2) is 47.4 Å². The van der Waals surface area contributed by atoms with Crippen molar-refractivity contribution in [3.63, 3.8) is 0 Å². The van der Waals surface area contributed by atoms with Gasteiger partial charge in [0.1, 0.15) is 11.6 Å². The van der Waals surface area contributed by atoms with E-state index in [1.807, 2.05) is 30.3 Å². The molecule has 204 valence electrons. The maximum Gasteiger partial charge on any atom is 0.335 e. The highest BCUT2D eigenvalue weighted by Gasteiger charge is 2.12. The van der Waals surface area contributed by atoms with E-state index >= 15 is 0 Å². The third-order valence-corrected chi connectivity index (χ3v) is 6.33. The number of benzene rings is 3. The van der Waals surface area contributed by atoms with Gasteiger partial charge in [-0.3, -0.25) is 9.59 Å². The molecular weight excluding hydrogens is 506 g/mol. The molecule has 0 saturated heterocycles. The summed E-state index contributed by atoms with van der Waals surface area (Å²) in [5.41, 5.74) is 2.34. The van der Waals surface area contributed by atoms with E-state index in [0.717, 1.165) is 31.7 Å². The summed E-state index contributed by atoms with van der Waals surface area (Å²) in [6.45, 7) is 4.09. The van der Waals surface area contributed by atoms with Crippen molar-refractivity contribution in [1.29, 1.82) is 0 Å². The van der Waals surface area contributed by atoms with E-state index in [1.54, 1.807) is 54.7 Å². The number of pyridine rings is 1. The predicted octanol–water partition coefficient (Wildman–Crippen LogP) is 5.95. The van der Waals surface area contributed by atoms with Crippen LogP contribution in [0.25, 0.3) is 0 Å². The van der Waals surface area contributed by atoms with Gasteiger partial charge < -0.3 is 20.1 Å². The van der Waals surface area contributed by atoms with Gasteiger partial charge in [-0.1, -0.05) is 48.5 Å². The van der Waals surface area contributed by atoms with E-state index < -0.39 is 5.97 Å². The van der Waals surface area contributed by atoms with Gasteiger partial charge in [-0.15, -0.1) is 0 Å². The topological polar surface area (TPSA) is 109 Å². The third-order valence-electron chi connectivity index (χ3n) is 6.33. The van der Waals surface area contributed by atoms with Gasteiger partial charge >= 0.3 is 5.97 Å². The molecule has 0 atom stereocenters. The first kappa shape index (κ1) is 28.0. The van der Waals surface area contributed by atoms with E-state index in [1.165, 1.54) is 12.1 Å². The highest BCUT2D eigenvalue weighted by molar-refractivity contribution is 6.10. The maximum atomic E-state index is 12.7. The van der Waals surface area contributed by atoms with Gasteiger partial charge in [0.2, 0.25) is 0 Å². The molecule has 2 N–H and O–H groups in total. The Labute approximate surface area is 233 Å². The Morgan fingerprint density at radius 1 is 0.825 bits per heavy atom. The van der Waals surface area contributed by atoms with Crippen LogP contribution < -0.4 is 15.0 Å². The van der Waals surface area contributed by atoms with E-state index in [-0.39, 0.29) is 17.3 Å². The number of hydrogen-bond donors (Lipinski definition) is 2. The normalized spacial score (nSPS) is 10.5. The highest BCUT2D eigenvalue weighted by atomic mass is 16.5. The Kier molecular flexibility index (Phi) is 9.61. The summed E-state index contributed by atoms with van der Waals surface area (Å²) < 4.78 is 5.69. The standard InChI is InChI=1S/C32H31N3O5/c1-2-35(19-6-7-20-40-28-12-8-11-26(21-28)32(38)39)29-18-17-27(22-33-29)34-31(37)25-15-13-24(14-16-25)30(36)23-9-4-3-5-10-23/h3-5,8-18,21-22H,2,6-7,19-20H2,1H3,(H,34,37)(H,38,39). The zero-order valence-corrected chi connectivity index (χ0v) is 22.2. The van der Waals surface area contributed by atoms with Crippen LogP contribution >= 0.6 is 0 Å². The molecule has 0 bridgehead atoms. The first-order valence-electron chi connectivity index (χ1n) is 13.1. The molecule has 0 aliphatic carbocycles. The van der Waals surface area contributed by atoms with Crippen LogP contribution in [0.5, 0.6) is 5.75 Å². The second kappa shape index (κ2) is 13.7. The lowest BCUT2D eigenvalue weighted by molar-refractivity contribution is 0.0696. The number of aromatic nitrogens is 1. The molecule has 0 fully saturated rings. The highest BCUT2D eigenvalue weighted by Crippen LogP contribution is 2.18. The van der Waals surface area contributed by atoms with Gasteiger partial charge in [0.25, 0.3) is 5.91 Å². The van der Waals surface area contributed by atoms with Crippen molar-refractivity contribution in [2.75, 3.05) is 29.9 Å². The minimum atomic E-state index is -0.979. The summed E-state index contributed by atoms with van der Waals surface area (Å²) in [6.07, 6.45) is 3.30. The molecule has 0 saturated carbocycles. The Hall–Kier alpha value is -4.98. The summed E-state index contributed by atoms with van der Waals surface area (Å²) in [5.74, 6) is -0.00380. The lowest BCUT2D eigenvalue weighted by Crippen LogP contribution is -2.25. The minimum Gasteiger partial charge on any atom is -0.494 e. The molecule has 4 rings (SSSR count). The van der Waals surface area contributed by atoms with Gasteiger partial charge in [0, 0.05) is 29.8 Å². The number of rotatable bonds is 13. The zero-order valence-electron chi connectivity index (χ0n) is 22.2. The lowest BCUT2D eigenvalue weighted by Gasteiger charge is -2.22. The van der Waals surface area contributed by atoms with Crippen LogP contribution in [0.3, 0.4) is 0 Å². The number of ether oxygens (including phenoxy) is 1. The monoisotopic (exact) mass is 537 g/mol. The summed E-state index contributed by atoms with van der Waals surface area (Å²) in [5, 5.41) is 11.9. The van der Waals surface area contributed by atoms with E-state index in [9.17, 15) is 14.4 Å². The fraction of sp³-hybridized carbons (Fsp3) is 0.188. The number of carbonyl (C=O) groups is 3. The van der Waals surface area contributed by atoms with Crippen molar-refractivity contribution >= 4 is 29.2 Å². The number of nitrogens with one attached hydrogen (secondary N) is 1. The molecule has 4 aromatic rings. The number of amides is 1. The van der Waals surface area contributed by atoms with Gasteiger partial charge in [0.05, 0.1) is 24.1 Å². The van der Waals surface area contributed by atoms with E-state index in [4.69, 9.17) is 9.84 Å². The summed E-state index contributed by atoms with van der Waals surface area (Å²) in [6, 6.07) is 25.8. The molecule has 40 heavy (non-hydrogen) atoms. The van der Waals surface area contributed by atoms with Crippen LogP contribution in [-0.2, 0) is 0 Å². The molecule has 8 heteroatoms. The van der Waals surface area contributed by atoms with E-state index in [0.29, 0.717) is 34.7 Å². The number of ketones is 1. The number of unbranched alkanes of at least 4 members (excludes halogenated alkanes) is 1. The molecule has 3 aromatic carbocycles. The Morgan fingerprint density at radius 2 is 1.52 bits per heavy atom. The van der Waals surface area contributed by atoms with Gasteiger partial charge in [-0.05, 0) is 62.2 Å². The molecule has 0 aliphatic heterocycles. The first-order valence-corrected chi connectivity index (χ1v) is 13.1. The fourth-order valence-electron chi connectivity index (χ4n) is 4.13. The van der Waals surface area contributed by atoms with Gasteiger partial charge in [0.15, 0.2) is 5.78 Å². The largest absolute Gasteiger partial charge is 0.494 e. The predicted molar refractivity (Wildman–Crippen MR) is 155 cm³/mol. The number of hydrogen-bond acceptors (Lipinski definition) is 6. The molecule has 1 heterocycles.